The largest absolute Gasteiger partial charge is 0.444 e. The summed E-state index contributed by atoms with van der Waals surface area (Å²) in [5.41, 5.74) is -0.548. The van der Waals surface area contributed by atoms with Crippen molar-refractivity contribution in [3.8, 4) is 6.07 Å². The summed E-state index contributed by atoms with van der Waals surface area (Å²) in [6.45, 7) is 6.51. The third-order valence-electron chi connectivity index (χ3n) is 4.30. The highest BCUT2D eigenvalue weighted by Gasteiger charge is 2.34. The predicted molar refractivity (Wildman–Crippen MR) is 101 cm³/mol. The summed E-state index contributed by atoms with van der Waals surface area (Å²) in [4.78, 5) is 28.0. The molecule has 148 valence electrons. The molecule has 10 heteroatoms. The van der Waals surface area contributed by atoms with E-state index >= 15 is 0 Å². The minimum atomic E-state index is -0.705. The van der Waals surface area contributed by atoms with Crippen molar-refractivity contribution in [1.29, 1.82) is 5.26 Å². The van der Waals surface area contributed by atoms with Crippen molar-refractivity contribution < 1.29 is 13.9 Å². The number of ether oxygens (including phenoxy) is 1. The molecule has 0 N–H and O–H groups in total. The van der Waals surface area contributed by atoms with E-state index in [4.69, 9.17) is 16.3 Å². The first-order valence-electron chi connectivity index (χ1n) is 8.77. The van der Waals surface area contributed by atoms with Gasteiger partial charge in [-0.05, 0) is 20.8 Å². The minimum Gasteiger partial charge on any atom is -0.444 e. The quantitative estimate of drug-likeness (QED) is 0.707. The Bertz CT molecular complexity index is 942. The Morgan fingerprint density at radius 2 is 2.14 bits per heavy atom. The Kier molecular flexibility index (Phi) is 5.52. The van der Waals surface area contributed by atoms with Crippen LogP contribution in [0, 0.1) is 17.1 Å². The molecule has 0 spiro atoms. The smallest absolute Gasteiger partial charge is 0.410 e. The zero-order valence-corrected chi connectivity index (χ0v) is 16.6. The van der Waals surface area contributed by atoms with Gasteiger partial charge < -0.3 is 14.5 Å². The minimum absolute atomic E-state index is 0.0800. The van der Waals surface area contributed by atoms with Gasteiger partial charge in [-0.2, -0.15) is 5.26 Å². The van der Waals surface area contributed by atoms with E-state index < -0.39 is 17.5 Å². The number of carbonyl (C=O) groups is 1. The summed E-state index contributed by atoms with van der Waals surface area (Å²) in [5.74, 6) is -0.219. The van der Waals surface area contributed by atoms with E-state index in [0.29, 0.717) is 30.8 Å². The number of nitriles is 1. The number of halogens is 2. The van der Waals surface area contributed by atoms with Gasteiger partial charge in [-0.15, -0.1) is 0 Å². The summed E-state index contributed by atoms with van der Waals surface area (Å²) < 4.78 is 19.7. The highest BCUT2D eigenvalue weighted by molar-refractivity contribution is 6.30. The van der Waals surface area contributed by atoms with E-state index in [1.807, 2.05) is 4.90 Å². The third-order valence-corrected chi connectivity index (χ3v) is 4.56. The molecule has 8 nitrogen and oxygen atoms in total. The molecule has 0 saturated carbocycles. The lowest BCUT2D eigenvalue weighted by Gasteiger charge is -2.41. The van der Waals surface area contributed by atoms with Gasteiger partial charge in [0.1, 0.15) is 23.3 Å². The van der Waals surface area contributed by atoms with Crippen LogP contribution < -0.4 is 4.90 Å². The number of pyridine rings is 1. The summed E-state index contributed by atoms with van der Waals surface area (Å²) in [6.07, 6.45) is 2.36. The lowest BCUT2D eigenvalue weighted by molar-refractivity contribution is 0.0145. The molecule has 1 aliphatic heterocycles. The van der Waals surface area contributed by atoms with Crippen LogP contribution in [0.1, 0.15) is 27.2 Å². The molecule has 28 heavy (non-hydrogen) atoms. The van der Waals surface area contributed by atoms with Gasteiger partial charge in [0.15, 0.2) is 11.0 Å². The maximum absolute atomic E-state index is 14.3. The zero-order valence-electron chi connectivity index (χ0n) is 15.8. The van der Waals surface area contributed by atoms with Crippen LogP contribution >= 0.6 is 11.6 Å². The average molecular weight is 407 g/mol. The normalized spacial score (nSPS) is 17.5. The number of aromatic nitrogens is 3. The van der Waals surface area contributed by atoms with Crippen molar-refractivity contribution in [1.82, 2.24) is 19.9 Å². The first-order valence-corrected chi connectivity index (χ1v) is 9.15. The van der Waals surface area contributed by atoms with Crippen LogP contribution in [0.2, 0.25) is 5.15 Å². The molecule has 2 aromatic heterocycles. The van der Waals surface area contributed by atoms with Crippen molar-refractivity contribution in [2.45, 2.75) is 38.8 Å². The van der Waals surface area contributed by atoms with Gasteiger partial charge in [0.25, 0.3) is 0 Å². The molecule has 1 atom stereocenters. The molecular weight excluding hydrogens is 387 g/mol. The fourth-order valence-electron chi connectivity index (χ4n) is 3.10. The second kappa shape index (κ2) is 7.72. The third kappa shape index (κ3) is 4.07. The maximum atomic E-state index is 14.3. The first kappa shape index (κ1) is 20.0. The maximum Gasteiger partial charge on any atom is 0.410 e. The predicted octanol–water partition coefficient (Wildman–Crippen LogP) is 3.16. The Labute approximate surface area is 166 Å². The van der Waals surface area contributed by atoms with Crippen LogP contribution in [0.25, 0.3) is 10.9 Å². The number of fused-ring (bicyclic) bond motifs is 1. The van der Waals surface area contributed by atoms with Crippen LogP contribution in [0.5, 0.6) is 0 Å². The van der Waals surface area contributed by atoms with Crippen molar-refractivity contribution in [3.05, 3.63) is 23.5 Å². The van der Waals surface area contributed by atoms with E-state index in [1.54, 1.807) is 25.7 Å². The van der Waals surface area contributed by atoms with E-state index in [9.17, 15) is 14.4 Å². The summed E-state index contributed by atoms with van der Waals surface area (Å²) >= 11 is 5.74. The van der Waals surface area contributed by atoms with E-state index in [1.165, 1.54) is 12.5 Å². The Morgan fingerprint density at radius 1 is 1.39 bits per heavy atom. The molecule has 2 aromatic rings. The molecule has 0 radical (unpaired) electrons. The van der Waals surface area contributed by atoms with E-state index in [0.717, 1.165) is 0 Å². The molecule has 0 aliphatic carbocycles. The lowest BCUT2D eigenvalue weighted by atomic mass is 10.1. The summed E-state index contributed by atoms with van der Waals surface area (Å²) in [6, 6.07) is 1.73. The Hall–Kier alpha value is -2.73. The summed E-state index contributed by atoms with van der Waals surface area (Å²) in [5, 5.41) is 9.37. The molecular formula is C18H20ClFN6O2. The summed E-state index contributed by atoms with van der Waals surface area (Å²) in [7, 11) is 0. The van der Waals surface area contributed by atoms with E-state index in [-0.39, 0.29) is 23.1 Å². The van der Waals surface area contributed by atoms with Gasteiger partial charge in [0, 0.05) is 25.8 Å². The molecule has 3 rings (SSSR count). The molecule has 0 bridgehead atoms. The van der Waals surface area contributed by atoms with Crippen LogP contribution in [0.4, 0.5) is 15.0 Å². The fraction of sp³-hybridized carbons (Fsp3) is 0.500. The van der Waals surface area contributed by atoms with Crippen molar-refractivity contribution in [2.24, 2.45) is 0 Å². The van der Waals surface area contributed by atoms with Crippen molar-refractivity contribution in [3.63, 3.8) is 0 Å². The van der Waals surface area contributed by atoms with Gasteiger partial charge in [0.05, 0.1) is 23.9 Å². The number of amides is 1. The molecule has 1 saturated heterocycles. The number of hydrogen-bond donors (Lipinski definition) is 0. The SMILES string of the molecule is CC(C)(C)OC(=O)N1CCN(c2ncnc3c(F)c(Cl)ncc23)CC1CC#N. The molecule has 3 heterocycles. The lowest BCUT2D eigenvalue weighted by Crippen LogP contribution is -2.56. The Balaban J connectivity index is 1.89. The van der Waals surface area contributed by atoms with Gasteiger partial charge in [-0.3, -0.25) is 0 Å². The number of piperazine rings is 1. The highest BCUT2D eigenvalue weighted by Crippen LogP contribution is 2.29. The number of nitrogens with zero attached hydrogens (tertiary/aromatic N) is 6. The van der Waals surface area contributed by atoms with Crippen LogP contribution in [0.15, 0.2) is 12.5 Å². The molecule has 1 unspecified atom stereocenters. The average Bonchev–Trinajstić information content (AvgIpc) is 2.63. The van der Waals surface area contributed by atoms with Crippen LogP contribution in [-0.2, 0) is 4.74 Å². The number of hydrogen-bond acceptors (Lipinski definition) is 7. The standard InChI is InChI=1S/C18H20ClFN6O2/c1-18(2,3)28-17(27)26-7-6-25(9-11(26)4-5-21)16-12-8-22-15(19)13(20)14(12)23-10-24-16/h8,10-11H,4,6-7,9H2,1-3H3. The van der Waals surface area contributed by atoms with Gasteiger partial charge in [-0.1, -0.05) is 11.6 Å². The zero-order chi connectivity index (χ0) is 20.5. The molecule has 1 fully saturated rings. The second-order valence-electron chi connectivity index (χ2n) is 7.46. The van der Waals surface area contributed by atoms with Crippen molar-refractivity contribution >= 4 is 34.4 Å². The topological polar surface area (TPSA) is 95.2 Å². The number of carbonyl (C=O) groups excluding carboxylic acids is 1. The number of rotatable bonds is 2. The second-order valence-corrected chi connectivity index (χ2v) is 7.82. The highest BCUT2D eigenvalue weighted by atomic mass is 35.5. The van der Waals surface area contributed by atoms with Crippen molar-refractivity contribution in [2.75, 3.05) is 24.5 Å². The van der Waals surface area contributed by atoms with E-state index in [2.05, 4.69) is 21.0 Å². The molecule has 1 amide bonds. The van der Waals surface area contributed by atoms with Gasteiger partial charge in [0.2, 0.25) is 0 Å². The fourth-order valence-corrected chi connectivity index (χ4v) is 3.23. The molecule has 1 aliphatic rings. The number of anilines is 1. The van der Waals surface area contributed by atoms with Gasteiger partial charge in [-0.25, -0.2) is 24.1 Å². The van der Waals surface area contributed by atoms with Crippen LogP contribution in [-0.4, -0.2) is 57.2 Å². The monoisotopic (exact) mass is 406 g/mol. The molecule has 0 aromatic carbocycles. The van der Waals surface area contributed by atoms with Gasteiger partial charge >= 0.3 is 6.09 Å². The van der Waals surface area contributed by atoms with Crippen LogP contribution in [0.3, 0.4) is 0 Å². The Morgan fingerprint density at radius 3 is 2.82 bits per heavy atom. The first-order chi connectivity index (χ1) is 13.2.